The standard InChI is InChI=1S/C20H21ClN2O5/c1-12(2)18(13-5-6-15-16(10-13)27-9-8-26-15)23-17(24)11-28-20(25)14-4-3-7-22-19(14)21/h3-7,10,12,18H,8-9,11H2,1-2H3,(H,23,24)/t18-/m1/s1. The molecule has 2 aromatic rings. The van der Waals surface area contributed by atoms with Gasteiger partial charge in [0.1, 0.15) is 18.4 Å². The molecule has 1 N–H and O–H groups in total. The molecule has 2 heterocycles. The zero-order valence-electron chi connectivity index (χ0n) is 15.6. The van der Waals surface area contributed by atoms with Gasteiger partial charge in [0.25, 0.3) is 5.91 Å². The highest BCUT2D eigenvalue weighted by atomic mass is 35.5. The molecule has 1 amide bonds. The number of fused-ring (bicyclic) bond motifs is 1. The Kier molecular flexibility index (Phi) is 6.36. The number of hydrogen-bond donors (Lipinski definition) is 1. The van der Waals surface area contributed by atoms with Crippen LogP contribution in [0.5, 0.6) is 11.5 Å². The number of halogens is 1. The molecule has 0 saturated heterocycles. The van der Waals surface area contributed by atoms with Gasteiger partial charge < -0.3 is 19.5 Å². The van der Waals surface area contributed by atoms with Crippen LogP contribution in [0.2, 0.25) is 5.15 Å². The lowest BCUT2D eigenvalue weighted by molar-refractivity contribution is -0.125. The van der Waals surface area contributed by atoms with E-state index in [2.05, 4.69) is 10.3 Å². The van der Waals surface area contributed by atoms with E-state index >= 15 is 0 Å². The lowest BCUT2D eigenvalue weighted by atomic mass is 9.95. The van der Waals surface area contributed by atoms with Crippen molar-refractivity contribution in [1.82, 2.24) is 10.3 Å². The fraction of sp³-hybridized carbons (Fsp3) is 0.350. The van der Waals surface area contributed by atoms with Gasteiger partial charge in [0.2, 0.25) is 0 Å². The Morgan fingerprint density at radius 1 is 1.21 bits per heavy atom. The third-order valence-corrected chi connectivity index (χ3v) is 4.52. The van der Waals surface area contributed by atoms with Crippen LogP contribution in [0.4, 0.5) is 0 Å². The molecule has 28 heavy (non-hydrogen) atoms. The van der Waals surface area contributed by atoms with E-state index in [0.717, 1.165) is 5.56 Å². The number of carbonyl (C=O) groups is 2. The van der Waals surface area contributed by atoms with Crippen LogP contribution in [-0.2, 0) is 9.53 Å². The highest BCUT2D eigenvalue weighted by Gasteiger charge is 2.22. The summed E-state index contributed by atoms with van der Waals surface area (Å²) in [6.45, 7) is 4.56. The van der Waals surface area contributed by atoms with Crippen molar-refractivity contribution in [2.24, 2.45) is 5.92 Å². The fourth-order valence-electron chi connectivity index (χ4n) is 2.85. The van der Waals surface area contributed by atoms with E-state index in [1.54, 1.807) is 6.07 Å². The maximum atomic E-state index is 12.3. The molecule has 1 aromatic heterocycles. The summed E-state index contributed by atoms with van der Waals surface area (Å²) in [5.41, 5.74) is 0.999. The smallest absolute Gasteiger partial charge is 0.341 e. The number of ether oxygens (including phenoxy) is 3. The number of nitrogens with zero attached hydrogens (tertiary/aromatic N) is 1. The number of nitrogens with one attached hydrogen (secondary N) is 1. The third-order valence-electron chi connectivity index (χ3n) is 4.22. The molecule has 1 aromatic carbocycles. The van der Waals surface area contributed by atoms with Crippen molar-refractivity contribution in [3.63, 3.8) is 0 Å². The minimum atomic E-state index is -0.700. The molecular formula is C20H21ClN2O5. The van der Waals surface area contributed by atoms with E-state index in [0.29, 0.717) is 24.7 Å². The zero-order chi connectivity index (χ0) is 20.1. The van der Waals surface area contributed by atoms with Gasteiger partial charge >= 0.3 is 5.97 Å². The lowest BCUT2D eigenvalue weighted by Gasteiger charge is -2.25. The predicted octanol–water partition coefficient (Wildman–Crippen LogP) is 3.18. The Balaban J connectivity index is 1.63. The Labute approximate surface area is 168 Å². The van der Waals surface area contributed by atoms with Crippen LogP contribution in [0.25, 0.3) is 0 Å². The Morgan fingerprint density at radius 2 is 1.96 bits per heavy atom. The average Bonchev–Trinajstić information content (AvgIpc) is 2.70. The minimum Gasteiger partial charge on any atom is -0.486 e. The number of benzene rings is 1. The molecule has 1 atom stereocenters. The first-order valence-corrected chi connectivity index (χ1v) is 9.30. The number of hydrogen-bond acceptors (Lipinski definition) is 6. The second kappa shape index (κ2) is 8.93. The molecule has 8 heteroatoms. The summed E-state index contributed by atoms with van der Waals surface area (Å²) in [6.07, 6.45) is 1.46. The number of esters is 1. The average molecular weight is 405 g/mol. The molecule has 0 spiro atoms. The van der Waals surface area contributed by atoms with Crippen LogP contribution in [0.3, 0.4) is 0 Å². The molecule has 3 rings (SSSR count). The maximum Gasteiger partial charge on any atom is 0.341 e. The zero-order valence-corrected chi connectivity index (χ0v) is 16.4. The van der Waals surface area contributed by atoms with Gasteiger partial charge in [0.05, 0.1) is 11.6 Å². The van der Waals surface area contributed by atoms with E-state index in [1.807, 2.05) is 32.0 Å². The fourth-order valence-corrected chi connectivity index (χ4v) is 3.05. The number of carbonyl (C=O) groups excluding carboxylic acids is 2. The summed E-state index contributed by atoms with van der Waals surface area (Å²) in [5.74, 6) is 0.331. The Bertz CT molecular complexity index is 871. The number of rotatable bonds is 6. The van der Waals surface area contributed by atoms with Gasteiger partial charge in [-0.15, -0.1) is 0 Å². The Morgan fingerprint density at radius 3 is 2.68 bits per heavy atom. The van der Waals surface area contributed by atoms with Crippen LogP contribution in [-0.4, -0.2) is 36.7 Å². The van der Waals surface area contributed by atoms with Crippen LogP contribution in [0.1, 0.15) is 35.8 Å². The molecule has 0 fully saturated rings. The van der Waals surface area contributed by atoms with Crippen LogP contribution < -0.4 is 14.8 Å². The summed E-state index contributed by atoms with van der Waals surface area (Å²) in [4.78, 5) is 28.2. The molecule has 148 valence electrons. The first kappa shape index (κ1) is 19.9. The van der Waals surface area contributed by atoms with E-state index < -0.39 is 18.5 Å². The molecule has 0 aliphatic carbocycles. The molecule has 0 unspecified atom stereocenters. The number of amides is 1. The van der Waals surface area contributed by atoms with Gasteiger partial charge in [-0.25, -0.2) is 9.78 Å². The SMILES string of the molecule is CC(C)[C@@H](NC(=O)COC(=O)c1cccnc1Cl)c1ccc2c(c1)OCCO2. The van der Waals surface area contributed by atoms with Crippen molar-refractivity contribution < 1.29 is 23.8 Å². The van der Waals surface area contributed by atoms with Gasteiger partial charge in [0, 0.05) is 6.20 Å². The quantitative estimate of drug-likeness (QED) is 0.587. The van der Waals surface area contributed by atoms with Crippen molar-refractivity contribution in [3.8, 4) is 11.5 Å². The topological polar surface area (TPSA) is 86.8 Å². The van der Waals surface area contributed by atoms with Crippen LogP contribution in [0, 0.1) is 5.92 Å². The maximum absolute atomic E-state index is 12.3. The van der Waals surface area contributed by atoms with E-state index in [-0.39, 0.29) is 22.7 Å². The number of pyridine rings is 1. The normalized spacial score (nSPS) is 13.7. The van der Waals surface area contributed by atoms with Crippen LogP contribution in [0.15, 0.2) is 36.5 Å². The highest BCUT2D eigenvalue weighted by molar-refractivity contribution is 6.32. The minimum absolute atomic E-state index is 0.0317. The first-order valence-electron chi connectivity index (χ1n) is 8.92. The second-order valence-corrected chi connectivity index (χ2v) is 6.97. The van der Waals surface area contributed by atoms with Gasteiger partial charge in [-0.05, 0) is 35.7 Å². The molecule has 0 radical (unpaired) electrons. The van der Waals surface area contributed by atoms with Crippen molar-refractivity contribution in [2.45, 2.75) is 19.9 Å². The molecule has 1 aliphatic rings. The lowest BCUT2D eigenvalue weighted by Crippen LogP contribution is -2.35. The summed E-state index contributed by atoms with van der Waals surface area (Å²) in [7, 11) is 0. The van der Waals surface area contributed by atoms with Crippen molar-refractivity contribution >= 4 is 23.5 Å². The van der Waals surface area contributed by atoms with E-state index in [1.165, 1.54) is 12.3 Å². The predicted molar refractivity (Wildman–Crippen MR) is 103 cm³/mol. The third kappa shape index (κ3) is 4.72. The molecular weight excluding hydrogens is 384 g/mol. The van der Waals surface area contributed by atoms with E-state index in [9.17, 15) is 9.59 Å². The van der Waals surface area contributed by atoms with Crippen molar-refractivity contribution in [2.75, 3.05) is 19.8 Å². The van der Waals surface area contributed by atoms with Gasteiger partial charge in [-0.1, -0.05) is 31.5 Å². The second-order valence-electron chi connectivity index (χ2n) is 6.61. The number of aromatic nitrogens is 1. The van der Waals surface area contributed by atoms with Gasteiger partial charge in [-0.3, -0.25) is 4.79 Å². The summed E-state index contributed by atoms with van der Waals surface area (Å²) < 4.78 is 16.2. The highest BCUT2D eigenvalue weighted by Crippen LogP contribution is 2.34. The van der Waals surface area contributed by atoms with Crippen LogP contribution >= 0.6 is 11.6 Å². The Hall–Kier alpha value is -2.80. The summed E-state index contributed by atoms with van der Waals surface area (Å²) in [5, 5.41) is 2.93. The van der Waals surface area contributed by atoms with Crippen molar-refractivity contribution in [3.05, 3.63) is 52.8 Å². The summed E-state index contributed by atoms with van der Waals surface area (Å²) in [6, 6.07) is 8.36. The summed E-state index contributed by atoms with van der Waals surface area (Å²) >= 11 is 5.86. The molecule has 7 nitrogen and oxygen atoms in total. The van der Waals surface area contributed by atoms with Gasteiger partial charge in [-0.2, -0.15) is 0 Å². The van der Waals surface area contributed by atoms with E-state index in [4.69, 9.17) is 25.8 Å². The molecule has 1 aliphatic heterocycles. The van der Waals surface area contributed by atoms with Gasteiger partial charge in [0.15, 0.2) is 18.1 Å². The monoisotopic (exact) mass is 404 g/mol. The largest absolute Gasteiger partial charge is 0.486 e. The van der Waals surface area contributed by atoms with Crippen molar-refractivity contribution in [1.29, 1.82) is 0 Å². The first-order chi connectivity index (χ1) is 13.5. The molecule has 0 saturated carbocycles. The molecule has 0 bridgehead atoms.